The van der Waals surface area contributed by atoms with Gasteiger partial charge in [0.15, 0.2) is 6.61 Å². The number of aromatic hydroxyl groups is 1. The molecule has 8 heteroatoms. The van der Waals surface area contributed by atoms with Crippen LogP contribution in [0.1, 0.15) is 6.42 Å². The number of fused-ring (bicyclic) bond motifs is 3. The van der Waals surface area contributed by atoms with Crippen LogP contribution in [-0.4, -0.2) is 43.7 Å². The molecule has 30 heavy (non-hydrogen) atoms. The van der Waals surface area contributed by atoms with Gasteiger partial charge in [0.2, 0.25) is 5.88 Å². The first kappa shape index (κ1) is 19.7. The molecule has 0 saturated carbocycles. The summed E-state index contributed by atoms with van der Waals surface area (Å²) < 4.78 is 7.36. The number of aliphatic hydroxyl groups excluding tert-OH is 1. The maximum atomic E-state index is 10.8. The molecule has 1 unspecified atom stereocenters. The van der Waals surface area contributed by atoms with Gasteiger partial charge in [0.1, 0.15) is 12.0 Å². The maximum absolute atomic E-state index is 10.8. The highest BCUT2D eigenvalue weighted by Crippen LogP contribution is 2.35. The summed E-state index contributed by atoms with van der Waals surface area (Å²) in [6.45, 7) is 0.0357. The van der Waals surface area contributed by atoms with E-state index in [-0.39, 0.29) is 5.88 Å². The number of hydrogen-bond donors (Lipinski definition) is 4. The van der Waals surface area contributed by atoms with E-state index in [1.54, 1.807) is 24.4 Å². The second-order valence-corrected chi connectivity index (χ2v) is 7.00. The summed E-state index contributed by atoms with van der Waals surface area (Å²) in [7, 11) is 0. The summed E-state index contributed by atoms with van der Waals surface area (Å²) >= 11 is 0. The SMILES string of the molecule is NC(O)CCn1c2cc(OCC(=O)O)ccc2c2ccc(-c3ccnc(O)c3)cc21. The van der Waals surface area contributed by atoms with Crippen molar-refractivity contribution in [3.8, 4) is 22.8 Å². The summed E-state index contributed by atoms with van der Waals surface area (Å²) in [5.41, 5.74) is 9.07. The minimum absolute atomic E-state index is 0.0559. The Morgan fingerprint density at radius 3 is 2.47 bits per heavy atom. The van der Waals surface area contributed by atoms with Crippen LogP contribution in [0.25, 0.3) is 32.9 Å². The predicted molar refractivity (Wildman–Crippen MR) is 112 cm³/mol. The van der Waals surface area contributed by atoms with Crippen molar-refractivity contribution in [1.29, 1.82) is 0 Å². The number of hydrogen-bond acceptors (Lipinski definition) is 6. The second-order valence-electron chi connectivity index (χ2n) is 7.00. The lowest BCUT2D eigenvalue weighted by Gasteiger charge is -2.11. The lowest BCUT2D eigenvalue weighted by atomic mass is 10.0. The number of aromatic nitrogens is 2. The monoisotopic (exact) mass is 407 g/mol. The Labute approximate surface area is 171 Å². The number of rotatable bonds is 7. The Bertz CT molecular complexity index is 1230. The number of pyridine rings is 1. The van der Waals surface area contributed by atoms with Gasteiger partial charge in [0.25, 0.3) is 0 Å². The fraction of sp³-hybridized carbons (Fsp3) is 0.182. The summed E-state index contributed by atoms with van der Waals surface area (Å²) in [5, 5.41) is 30.2. The third kappa shape index (κ3) is 3.91. The molecule has 0 bridgehead atoms. The summed E-state index contributed by atoms with van der Waals surface area (Å²) in [5.74, 6) is -0.659. The number of carbonyl (C=O) groups is 1. The van der Waals surface area contributed by atoms with Gasteiger partial charge in [-0.1, -0.05) is 12.1 Å². The van der Waals surface area contributed by atoms with Gasteiger partial charge in [0, 0.05) is 47.6 Å². The third-order valence-electron chi connectivity index (χ3n) is 4.93. The zero-order valence-corrected chi connectivity index (χ0v) is 16.0. The molecule has 2 heterocycles. The molecular weight excluding hydrogens is 386 g/mol. The molecule has 0 aliphatic carbocycles. The van der Waals surface area contributed by atoms with Gasteiger partial charge in [-0.15, -0.1) is 0 Å². The van der Waals surface area contributed by atoms with Crippen LogP contribution in [0.2, 0.25) is 0 Å². The Morgan fingerprint density at radius 2 is 1.77 bits per heavy atom. The number of nitrogens with two attached hydrogens (primary N) is 1. The number of ether oxygens (including phenoxy) is 1. The van der Waals surface area contributed by atoms with E-state index in [4.69, 9.17) is 15.6 Å². The van der Waals surface area contributed by atoms with E-state index >= 15 is 0 Å². The topological polar surface area (TPSA) is 131 Å². The highest BCUT2D eigenvalue weighted by atomic mass is 16.5. The molecule has 5 N–H and O–H groups in total. The van der Waals surface area contributed by atoms with E-state index in [9.17, 15) is 15.0 Å². The van der Waals surface area contributed by atoms with E-state index in [1.165, 1.54) is 0 Å². The van der Waals surface area contributed by atoms with E-state index in [0.717, 1.165) is 32.9 Å². The normalized spacial score (nSPS) is 12.3. The number of aliphatic hydroxyl groups is 1. The molecule has 1 atom stereocenters. The van der Waals surface area contributed by atoms with Crippen LogP contribution in [0.5, 0.6) is 11.6 Å². The molecule has 0 radical (unpaired) electrons. The summed E-state index contributed by atoms with van der Waals surface area (Å²) in [4.78, 5) is 14.6. The Morgan fingerprint density at radius 1 is 1.07 bits per heavy atom. The lowest BCUT2D eigenvalue weighted by molar-refractivity contribution is -0.139. The smallest absolute Gasteiger partial charge is 0.341 e. The standard InChI is InChI=1S/C22H21N3O5/c23-20(26)6-8-25-18-9-13(14-5-7-24-21(27)10-14)1-3-16(18)17-4-2-15(11-19(17)25)30-12-22(28)29/h1-5,7,9-11,20,26H,6,8,12,23H2,(H,24,27)(H,28,29). The molecule has 0 aliphatic rings. The van der Waals surface area contributed by atoms with Crippen molar-refractivity contribution in [2.75, 3.05) is 6.61 Å². The Hall–Kier alpha value is -3.62. The number of carboxylic acids is 1. The van der Waals surface area contributed by atoms with E-state index in [2.05, 4.69) is 4.98 Å². The van der Waals surface area contributed by atoms with E-state index in [0.29, 0.717) is 18.7 Å². The molecular formula is C22H21N3O5. The largest absolute Gasteiger partial charge is 0.493 e. The number of aliphatic carboxylic acids is 1. The lowest BCUT2D eigenvalue weighted by Crippen LogP contribution is -2.20. The van der Waals surface area contributed by atoms with Gasteiger partial charge in [-0.2, -0.15) is 0 Å². The molecule has 0 fully saturated rings. The Kier molecular flexibility index (Phi) is 5.26. The van der Waals surface area contributed by atoms with Crippen LogP contribution in [0, 0.1) is 0 Å². The van der Waals surface area contributed by atoms with Gasteiger partial charge in [0.05, 0.1) is 5.52 Å². The minimum Gasteiger partial charge on any atom is -0.493 e. The molecule has 0 saturated heterocycles. The van der Waals surface area contributed by atoms with Gasteiger partial charge < -0.3 is 30.4 Å². The van der Waals surface area contributed by atoms with Crippen molar-refractivity contribution < 1.29 is 24.9 Å². The predicted octanol–water partition coefficient (Wildman–Crippen LogP) is 2.69. The van der Waals surface area contributed by atoms with Crippen LogP contribution in [0.3, 0.4) is 0 Å². The van der Waals surface area contributed by atoms with Crippen LogP contribution in [0.15, 0.2) is 54.7 Å². The average molecular weight is 407 g/mol. The molecule has 0 amide bonds. The van der Waals surface area contributed by atoms with Crippen molar-refractivity contribution in [2.45, 2.75) is 19.2 Å². The van der Waals surface area contributed by atoms with Crippen LogP contribution in [0.4, 0.5) is 0 Å². The molecule has 8 nitrogen and oxygen atoms in total. The van der Waals surface area contributed by atoms with Crippen LogP contribution in [-0.2, 0) is 11.3 Å². The highest BCUT2D eigenvalue weighted by molar-refractivity contribution is 6.09. The number of nitrogens with zero attached hydrogens (tertiary/aromatic N) is 2. The number of carboxylic acid groups (broad SMARTS) is 1. The number of aryl methyl sites for hydroxylation is 1. The first-order valence-electron chi connectivity index (χ1n) is 9.42. The minimum atomic E-state index is -1.05. The van der Waals surface area contributed by atoms with Gasteiger partial charge in [-0.3, -0.25) is 0 Å². The molecule has 4 aromatic rings. The number of benzene rings is 2. The highest BCUT2D eigenvalue weighted by Gasteiger charge is 2.14. The van der Waals surface area contributed by atoms with Crippen molar-refractivity contribution in [2.24, 2.45) is 5.73 Å². The fourth-order valence-corrected chi connectivity index (χ4v) is 3.59. The van der Waals surface area contributed by atoms with Crippen molar-refractivity contribution >= 4 is 27.8 Å². The molecule has 0 aliphatic heterocycles. The van der Waals surface area contributed by atoms with Gasteiger partial charge >= 0.3 is 5.97 Å². The van der Waals surface area contributed by atoms with Crippen molar-refractivity contribution in [1.82, 2.24) is 9.55 Å². The second kappa shape index (κ2) is 8.02. The molecule has 154 valence electrons. The van der Waals surface area contributed by atoms with Gasteiger partial charge in [-0.05, 0) is 35.4 Å². The third-order valence-corrected chi connectivity index (χ3v) is 4.93. The fourth-order valence-electron chi connectivity index (χ4n) is 3.59. The van der Waals surface area contributed by atoms with E-state index < -0.39 is 18.8 Å². The quantitative estimate of drug-likeness (QED) is 0.346. The zero-order valence-electron chi connectivity index (χ0n) is 16.0. The first-order chi connectivity index (χ1) is 14.4. The van der Waals surface area contributed by atoms with Crippen LogP contribution >= 0.6 is 0 Å². The maximum Gasteiger partial charge on any atom is 0.341 e. The first-order valence-corrected chi connectivity index (χ1v) is 9.42. The molecule has 4 rings (SSSR count). The zero-order chi connectivity index (χ0) is 21.3. The molecule has 2 aromatic carbocycles. The van der Waals surface area contributed by atoms with Gasteiger partial charge in [-0.25, -0.2) is 9.78 Å². The summed E-state index contributed by atoms with van der Waals surface area (Å²) in [6.07, 6.45) is 0.935. The van der Waals surface area contributed by atoms with Crippen molar-refractivity contribution in [3.63, 3.8) is 0 Å². The van der Waals surface area contributed by atoms with E-state index in [1.807, 2.05) is 34.9 Å². The Balaban J connectivity index is 1.87. The molecule has 2 aromatic heterocycles. The van der Waals surface area contributed by atoms with Crippen LogP contribution < -0.4 is 10.5 Å². The molecule has 0 spiro atoms. The van der Waals surface area contributed by atoms with Crippen molar-refractivity contribution in [3.05, 3.63) is 54.7 Å². The summed E-state index contributed by atoms with van der Waals surface area (Å²) in [6, 6.07) is 14.8. The average Bonchev–Trinajstić information content (AvgIpc) is 3.02.